The van der Waals surface area contributed by atoms with Crippen molar-refractivity contribution in [2.45, 2.75) is 26.7 Å². The maximum Gasteiger partial charge on any atom is 0.339 e. The zero-order valence-electron chi connectivity index (χ0n) is 11.7. The van der Waals surface area contributed by atoms with Crippen LogP contribution in [-0.2, 0) is 4.79 Å². The van der Waals surface area contributed by atoms with Crippen LogP contribution in [0.4, 0.5) is 11.5 Å². The summed E-state index contributed by atoms with van der Waals surface area (Å²) in [5.74, 6) is -0.127. The summed E-state index contributed by atoms with van der Waals surface area (Å²) >= 11 is 0. The lowest BCUT2D eigenvalue weighted by atomic mass is 9.99. The largest absolute Gasteiger partial charge is 0.478 e. The number of nitrogens with zero attached hydrogens (tertiary/aromatic N) is 2. The van der Waals surface area contributed by atoms with Crippen LogP contribution < -0.4 is 10.2 Å². The van der Waals surface area contributed by atoms with Gasteiger partial charge in [0.25, 0.3) is 0 Å². The minimum Gasteiger partial charge on any atom is -0.478 e. The van der Waals surface area contributed by atoms with Gasteiger partial charge in [-0.25, -0.2) is 9.78 Å². The lowest BCUT2D eigenvalue weighted by molar-refractivity contribution is -0.114. The normalized spacial score (nSPS) is 16.0. The van der Waals surface area contributed by atoms with E-state index in [9.17, 15) is 14.7 Å². The second kappa shape index (κ2) is 5.90. The van der Waals surface area contributed by atoms with Crippen LogP contribution in [0.15, 0.2) is 12.3 Å². The van der Waals surface area contributed by atoms with Gasteiger partial charge in [0.1, 0.15) is 11.4 Å². The van der Waals surface area contributed by atoms with E-state index in [0.717, 1.165) is 25.9 Å². The number of anilines is 2. The van der Waals surface area contributed by atoms with Gasteiger partial charge in [-0.3, -0.25) is 4.79 Å². The Kier molecular flexibility index (Phi) is 4.22. The highest BCUT2D eigenvalue weighted by atomic mass is 16.4. The van der Waals surface area contributed by atoms with E-state index < -0.39 is 5.97 Å². The summed E-state index contributed by atoms with van der Waals surface area (Å²) in [6.45, 7) is 5.20. The Bertz CT molecular complexity index is 522. The van der Waals surface area contributed by atoms with Gasteiger partial charge < -0.3 is 15.3 Å². The average Bonchev–Trinajstić information content (AvgIpc) is 2.39. The first-order chi connectivity index (χ1) is 9.47. The Balaban J connectivity index is 2.28. The predicted octanol–water partition coefficient (Wildman–Crippen LogP) is 1.97. The van der Waals surface area contributed by atoms with Crippen molar-refractivity contribution in [1.82, 2.24) is 4.98 Å². The van der Waals surface area contributed by atoms with E-state index in [-0.39, 0.29) is 11.5 Å². The van der Waals surface area contributed by atoms with E-state index in [1.807, 2.05) is 4.90 Å². The maximum atomic E-state index is 11.4. The van der Waals surface area contributed by atoms with Gasteiger partial charge >= 0.3 is 5.97 Å². The third-order valence-corrected chi connectivity index (χ3v) is 3.50. The van der Waals surface area contributed by atoms with Gasteiger partial charge in [-0.15, -0.1) is 0 Å². The Morgan fingerprint density at radius 2 is 2.05 bits per heavy atom. The molecule has 0 bridgehead atoms. The van der Waals surface area contributed by atoms with E-state index in [1.165, 1.54) is 19.2 Å². The van der Waals surface area contributed by atoms with Crippen LogP contribution in [0.3, 0.4) is 0 Å². The molecule has 0 unspecified atom stereocenters. The summed E-state index contributed by atoms with van der Waals surface area (Å²) in [5, 5.41) is 11.9. The molecule has 0 spiro atoms. The Labute approximate surface area is 117 Å². The van der Waals surface area contributed by atoms with Crippen molar-refractivity contribution in [2.24, 2.45) is 5.92 Å². The molecule has 6 heteroatoms. The third kappa shape index (κ3) is 3.26. The molecule has 0 aromatic carbocycles. The highest BCUT2D eigenvalue weighted by Crippen LogP contribution is 2.26. The number of piperidine rings is 1. The Morgan fingerprint density at radius 3 is 2.60 bits per heavy atom. The molecule has 1 saturated heterocycles. The molecule has 108 valence electrons. The van der Waals surface area contributed by atoms with Crippen LogP contribution >= 0.6 is 0 Å². The van der Waals surface area contributed by atoms with Crippen LogP contribution in [0, 0.1) is 5.92 Å². The maximum absolute atomic E-state index is 11.4. The molecule has 1 amide bonds. The number of pyridine rings is 1. The summed E-state index contributed by atoms with van der Waals surface area (Å²) in [4.78, 5) is 28.6. The van der Waals surface area contributed by atoms with Gasteiger partial charge in [0, 0.05) is 20.0 Å². The quantitative estimate of drug-likeness (QED) is 0.882. The average molecular weight is 277 g/mol. The molecule has 1 aromatic heterocycles. The minimum absolute atomic E-state index is 0.130. The fraction of sp³-hybridized carbons (Fsp3) is 0.500. The molecule has 1 fully saturated rings. The fourth-order valence-corrected chi connectivity index (χ4v) is 2.36. The number of carbonyl (C=O) groups is 2. The third-order valence-electron chi connectivity index (χ3n) is 3.50. The number of hydrogen-bond acceptors (Lipinski definition) is 4. The number of nitrogens with one attached hydrogen (secondary N) is 1. The van der Waals surface area contributed by atoms with Gasteiger partial charge in [-0.05, 0) is 24.8 Å². The molecule has 6 nitrogen and oxygen atoms in total. The van der Waals surface area contributed by atoms with Gasteiger partial charge in [-0.2, -0.15) is 0 Å². The number of carbonyl (C=O) groups excluding carboxylic acids is 1. The number of carboxylic acid groups (broad SMARTS) is 1. The summed E-state index contributed by atoms with van der Waals surface area (Å²) in [5.41, 5.74) is 0.537. The molecule has 0 aliphatic carbocycles. The molecule has 1 aromatic rings. The first kappa shape index (κ1) is 14.3. The first-order valence-corrected chi connectivity index (χ1v) is 6.73. The van der Waals surface area contributed by atoms with Gasteiger partial charge in [0.2, 0.25) is 5.91 Å². The lowest BCUT2D eigenvalue weighted by Crippen LogP contribution is -2.34. The Hall–Kier alpha value is -2.11. The summed E-state index contributed by atoms with van der Waals surface area (Å²) in [6.07, 6.45) is 3.57. The summed E-state index contributed by atoms with van der Waals surface area (Å²) in [6, 6.07) is 1.46. The van der Waals surface area contributed by atoms with Crippen molar-refractivity contribution < 1.29 is 14.7 Å². The summed E-state index contributed by atoms with van der Waals surface area (Å²) < 4.78 is 0. The second-order valence-corrected chi connectivity index (χ2v) is 5.25. The summed E-state index contributed by atoms with van der Waals surface area (Å²) in [7, 11) is 0. The number of rotatable bonds is 3. The number of aromatic carboxylic acids is 1. The van der Waals surface area contributed by atoms with E-state index in [1.54, 1.807) is 0 Å². The molecule has 1 aliphatic rings. The number of aromatic nitrogens is 1. The van der Waals surface area contributed by atoms with E-state index >= 15 is 0 Å². The fourth-order valence-electron chi connectivity index (χ4n) is 2.36. The van der Waals surface area contributed by atoms with Crippen molar-refractivity contribution in [1.29, 1.82) is 0 Å². The van der Waals surface area contributed by atoms with Crippen LogP contribution in [0.1, 0.15) is 37.0 Å². The molecule has 0 saturated carbocycles. The number of hydrogen-bond donors (Lipinski definition) is 2. The molecule has 2 N–H and O–H groups in total. The van der Waals surface area contributed by atoms with Crippen LogP contribution in [0.5, 0.6) is 0 Å². The molecule has 20 heavy (non-hydrogen) atoms. The van der Waals surface area contributed by atoms with Crippen LogP contribution in [0.2, 0.25) is 0 Å². The smallest absolute Gasteiger partial charge is 0.339 e. The topological polar surface area (TPSA) is 82.5 Å². The molecular formula is C14H19N3O3. The van der Waals surface area contributed by atoms with Gasteiger partial charge in [0.05, 0.1) is 11.9 Å². The number of carboxylic acids is 1. The molecule has 2 heterocycles. The van der Waals surface area contributed by atoms with Crippen molar-refractivity contribution in [3.8, 4) is 0 Å². The monoisotopic (exact) mass is 277 g/mol. The SMILES string of the molecule is CC(=O)Nc1cnc(N2CCC(C)CC2)c(C(=O)O)c1. The van der Waals surface area contributed by atoms with Crippen molar-refractivity contribution in [3.63, 3.8) is 0 Å². The minimum atomic E-state index is -1.03. The van der Waals surface area contributed by atoms with Crippen molar-refractivity contribution >= 4 is 23.4 Å². The molecule has 1 aliphatic heterocycles. The standard InChI is InChI=1S/C14H19N3O3/c1-9-3-5-17(6-4-9)13-12(14(19)20)7-11(8-15-13)16-10(2)18/h7-9H,3-6H2,1-2H3,(H,16,18)(H,19,20). The van der Waals surface area contributed by atoms with Gasteiger partial charge in [0.15, 0.2) is 0 Å². The van der Waals surface area contributed by atoms with Gasteiger partial charge in [-0.1, -0.05) is 6.92 Å². The molecule has 0 radical (unpaired) electrons. The molecule has 2 rings (SSSR count). The first-order valence-electron chi connectivity index (χ1n) is 6.73. The van der Waals surface area contributed by atoms with Crippen LogP contribution in [-0.4, -0.2) is 35.1 Å². The highest BCUT2D eigenvalue weighted by molar-refractivity contribution is 5.96. The van der Waals surface area contributed by atoms with Crippen molar-refractivity contribution in [3.05, 3.63) is 17.8 Å². The van der Waals surface area contributed by atoms with E-state index in [0.29, 0.717) is 17.4 Å². The highest BCUT2D eigenvalue weighted by Gasteiger charge is 2.22. The number of amides is 1. The zero-order chi connectivity index (χ0) is 14.7. The van der Waals surface area contributed by atoms with E-state index in [4.69, 9.17) is 0 Å². The van der Waals surface area contributed by atoms with Crippen LogP contribution in [0.25, 0.3) is 0 Å². The predicted molar refractivity (Wildman–Crippen MR) is 76.1 cm³/mol. The second-order valence-electron chi connectivity index (χ2n) is 5.25. The van der Waals surface area contributed by atoms with Crippen molar-refractivity contribution in [2.75, 3.05) is 23.3 Å². The van der Waals surface area contributed by atoms with E-state index in [2.05, 4.69) is 17.2 Å². The molecule has 0 atom stereocenters. The Morgan fingerprint density at radius 1 is 1.40 bits per heavy atom. The molecular weight excluding hydrogens is 258 g/mol. The zero-order valence-corrected chi connectivity index (χ0v) is 11.7. The lowest BCUT2D eigenvalue weighted by Gasteiger charge is -2.32.